The Kier molecular flexibility index (Phi) is 4.62. The number of sulfonamides is 1. The number of carbonyl (C=O) groups is 1. The van der Waals surface area contributed by atoms with Gasteiger partial charge in [0.15, 0.2) is 0 Å². The first-order valence-corrected chi connectivity index (χ1v) is 6.71. The van der Waals surface area contributed by atoms with Crippen LogP contribution in [0.4, 0.5) is 17.6 Å². The average molecular weight is 335 g/mol. The number of primary sulfonamides is 1. The minimum atomic E-state index is -4.69. The molecule has 112 valence electrons. The van der Waals surface area contributed by atoms with Crippen LogP contribution in [0, 0.1) is 5.82 Å². The van der Waals surface area contributed by atoms with Gasteiger partial charge in [0.05, 0.1) is 10.6 Å². The van der Waals surface area contributed by atoms with Crippen LogP contribution < -0.4 is 10.5 Å². The van der Waals surface area contributed by atoms with Gasteiger partial charge in [0.2, 0.25) is 10.0 Å². The minimum absolute atomic E-state index is 0.471. The lowest BCUT2D eigenvalue weighted by Crippen LogP contribution is -2.34. The Balaban J connectivity index is 3.16. The molecule has 0 spiro atoms. The minimum Gasteiger partial charge on any atom is -0.343 e. The molecule has 1 amide bonds. The largest absolute Gasteiger partial charge is 0.405 e. The SMILES string of the molecule is NS(=O)(=O)c1cc(C(=O)NCC(F)(F)F)c(F)cc1Cl. The molecule has 0 fully saturated rings. The van der Waals surface area contributed by atoms with Gasteiger partial charge in [-0.25, -0.2) is 17.9 Å². The molecule has 5 nitrogen and oxygen atoms in total. The van der Waals surface area contributed by atoms with Crippen LogP contribution in [0.25, 0.3) is 0 Å². The first-order chi connectivity index (χ1) is 8.92. The van der Waals surface area contributed by atoms with Gasteiger partial charge in [0.25, 0.3) is 5.91 Å². The lowest BCUT2D eigenvalue weighted by Gasteiger charge is -2.10. The molecule has 0 aliphatic heterocycles. The Labute approximate surface area is 115 Å². The van der Waals surface area contributed by atoms with Gasteiger partial charge in [0.1, 0.15) is 17.3 Å². The Bertz CT molecular complexity index is 645. The van der Waals surface area contributed by atoms with Crippen LogP contribution in [-0.2, 0) is 10.0 Å². The van der Waals surface area contributed by atoms with Crippen LogP contribution in [0.3, 0.4) is 0 Å². The first kappa shape index (κ1) is 16.7. The summed E-state index contributed by atoms with van der Waals surface area (Å²) in [5.41, 5.74) is -0.914. The van der Waals surface area contributed by atoms with E-state index >= 15 is 0 Å². The summed E-state index contributed by atoms with van der Waals surface area (Å²) in [6.45, 7) is -1.70. The Morgan fingerprint density at radius 2 is 1.90 bits per heavy atom. The zero-order valence-electron chi connectivity index (χ0n) is 9.46. The van der Waals surface area contributed by atoms with Crippen LogP contribution in [-0.4, -0.2) is 27.0 Å². The predicted octanol–water partition coefficient (Wildman–Crippen LogP) is 1.42. The third kappa shape index (κ3) is 4.32. The van der Waals surface area contributed by atoms with Gasteiger partial charge in [0, 0.05) is 0 Å². The second-order valence-electron chi connectivity index (χ2n) is 3.61. The number of rotatable bonds is 3. The maximum Gasteiger partial charge on any atom is 0.405 e. The smallest absolute Gasteiger partial charge is 0.343 e. The second kappa shape index (κ2) is 5.54. The van der Waals surface area contributed by atoms with Crippen LogP contribution >= 0.6 is 11.6 Å². The number of nitrogens with two attached hydrogens (primary N) is 1. The van der Waals surface area contributed by atoms with E-state index in [4.69, 9.17) is 16.7 Å². The Morgan fingerprint density at radius 1 is 1.35 bits per heavy atom. The lowest BCUT2D eigenvalue weighted by molar-refractivity contribution is -0.123. The zero-order valence-corrected chi connectivity index (χ0v) is 11.0. The van der Waals surface area contributed by atoms with Crippen molar-refractivity contribution in [3.05, 3.63) is 28.5 Å². The quantitative estimate of drug-likeness (QED) is 0.819. The van der Waals surface area contributed by atoms with E-state index < -0.39 is 50.0 Å². The van der Waals surface area contributed by atoms with Crippen molar-refractivity contribution in [1.82, 2.24) is 5.32 Å². The number of nitrogens with one attached hydrogen (secondary N) is 1. The van der Waals surface area contributed by atoms with Crippen molar-refractivity contribution in [3.63, 3.8) is 0 Å². The highest BCUT2D eigenvalue weighted by Crippen LogP contribution is 2.24. The highest BCUT2D eigenvalue weighted by atomic mass is 35.5. The summed E-state index contributed by atoms with van der Waals surface area (Å²) in [5.74, 6) is -2.72. The third-order valence-corrected chi connectivity index (χ3v) is 3.40. The Hall–Kier alpha value is -1.39. The number of alkyl halides is 3. The van der Waals surface area contributed by atoms with E-state index in [0.717, 1.165) is 0 Å². The molecule has 0 saturated heterocycles. The maximum absolute atomic E-state index is 13.4. The normalized spacial score (nSPS) is 12.3. The number of benzene rings is 1. The third-order valence-electron chi connectivity index (χ3n) is 2.02. The summed E-state index contributed by atoms with van der Waals surface area (Å²) in [4.78, 5) is 10.6. The molecule has 0 unspecified atom stereocenters. The van der Waals surface area contributed by atoms with Gasteiger partial charge in [-0.2, -0.15) is 13.2 Å². The summed E-state index contributed by atoms with van der Waals surface area (Å²) in [6.07, 6.45) is -4.69. The van der Waals surface area contributed by atoms with E-state index in [1.54, 1.807) is 0 Å². The molecule has 0 atom stereocenters. The van der Waals surface area contributed by atoms with Gasteiger partial charge < -0.3 is 5.32 Å². The topological polar surface area (TPSA) is 89.3 Å². The van der Waals surface area contributed by atoms with Gasteiger partial charge >= 0.3 is 6.18 Å². The molecule has 0 radical (unpaired) electrons. The number of hydrogen-bond acceptors (Lipinski definition) is 3. The molecule has 0 aliphatic rings. The van der Waals surface area contributed by atoms with Crippen molar-refractivity contribution in [1.29, 1.82) is 0 Å². The van der Waals surface area contributed by atoms with Gasteiger partial charge in [-0.1, -0.05) is 11.6 Å². The molecule has 0 bridgehead atoms. The summed E-state index contributed by atoms with van der Waals surface area (Å²) in [7, 11) is -4.35. The van der Waals surface area contributed by atoms with E-state index in [2.05, 4.69) is 0 Å². The Morgan fingerprint density at radius 3 is 2.35 bits per heavy atom. The lowest BCUT2D eigenvalue weighted by atomic mass is 10.2. The van der Waals surface area contributed by atoms with Crippen LogP contribution in [0.1, 0.15) is 10.4 Å². The fourth-order valence-corrected chi connectivity index (χ4v) is 2.28. The molecule has 0 aromatic heterocycles. The van der Waals surface area contributed by atoms with Crippen LogP contribution in [0.2, 0.25) is 5.02 Å². The first-order valence-electron chi connectivity index (χ1n) is 4.78. The molecule has 1 aromatic carbocycles. The standard InChI is InChI=1S/C9H7ClF4N2O3S/c10-5-2-6(11)4(1-7(5)20(15,18)19)8(17)16-3-9(12,13)14/h1-2H,3H2,(H,16,17)(H2,15,18,19). The van der Waals surface area contributed by atoms with Crippen molar-refractivity contribution in [2.24, 2.45) is 5.14 Å². The summed E-state index contributed by atoms with van der Waals surface area (Å²) in [6, 6.07) is 0.947. The van der Waals surface area contributed by atoms with Crippen molar-refractivity contribution < 1.29 is 30.8 Å². The number of hydrogen-bond donors (Lipinski definition) is 2. The molecule has 1 aromatic rings. The molecule has 11 heteroatoms. The maximum atomic E-state index is 13.4. The number of amides is 1. The van der Waals surface area contributed by atoms with Gasteiger partial charge in [-0.3, -0.25) is 4.79 Å². The molecule has 0 aliphatic carbocycles. The molecule has 20 heavy (non-hydrogen) atoms. The number of carbonyl (C=O) groups excluding carboxylic acids is 1. The van der Waals surface area contributed by atoms with Crippen LogP contribution in [0.15, 0.2) is 17.0 Å². The van der Waals surface area contributed by atoms with Gasteiger partial charge in [-0.15, -0.1) is 0 Å². The van der Waals surface area contributed by atoms with Crippen molar-refractivity contribution >= 4 is 27.5 Å². The molecular weight excluding hydrogens is 328 g/mol. The average Bonchev–Trinajstić information content (AvgIpc) is 2.23. The van der Waals surface area contributed by atoms with E-state index in [0.29, 0.717) is 12.1 Å². The molecule has 0 heterocycles. The summed E-state index contributed by atoms with van der Waals surface area (Å²) in [5, 5.41) is 5.58. The summed E-state index contributed by atoms with van der Waals surface area (Å²) < 4.78 is 71.4. The summed E-state index contributed by atoms with van der Waals surface area (Å²) >= 11 is 5.43. The van der Waals surface area contributed by atoms with E-state index in [9.17, 15) is 30.8 Å². The molecule has 3 N–H and O–H groups in total. The number of halogens is 5. The highest BCUT2D eigenvalue weighted by molar-refractivity contribution is 7.89. The van der Waals surface area contributed by atoms with Crippen LogP contribution in [0.5, 0.6) is 0 Å². The van der Waals surface area contributed by atoms with Crippen molar-refractivity contribution in [2.75, 3.05) is 6.54 Å². The second-order valence-corrected chi connectivity index (χ2v) is 5.54. The highest BCUT2D eigenvalue weighted by Gasteiger charge is 2.29. The molecule has 0 saturated carbocycles. The molecular formula is C9H7ClF4N2O3S. The predicted molar refractivity (Wildman–Crippen MR) is 61.2 cm³/mol. The van der Waals surface area contributed by atoms with E-state index in [1.807, 2.05) is 0 Å². The zero-order chi connectivity index (χ0) is 15.7. The molecule has 1 rings (SSSR count). The monoisotopic (exact) mass is 334 g/mol. The van der Waals surface area contributed by atoms with Gasteiger partial charge in [-0.05, 0) is 12.1 Å². The van der Waals surface area contributed by atoms with Crippen molar-refractivity contribution in [2.45, 2.75) is 11.1 Å². The van der Waals surface area contributed by atoms with E-state index in [1.165, 1.54) is 5.32 Å². The van der Waals surface area contributed by atoms with E-state index in [-0.39, 0.29) is 0 Å². The fraction of sp³-hybridized carbons (Fsp3) is 0.222. The fourth-order valence-electron chi connectivity index (χ4n) is 1.20. The van der Waals surface area contributed by atoms with Crippen molar-refractivity contribution in [3.8, 4) is 0 Å².